The molecule has 0 bridgehead atoms. The first-order chi connectivity index (χ1) is 12.1. The van der Waals surface area contributed by atoms with E-state index in [-0.39, 0.29) is 0 Å². The Labute approximate surface area is 164 Å². The fourth-order valence-electron chi connectivity index (χ4n) is 3.20. The van der Waals surface area contributed by atoms with Crippen LogP contribution in [-0.2, 0) is 0 Å². The molecule has 0 aliphatic carbocycles. The molecular weight excluding hydrogens is 439 g/mol. The molecule has 1 aromatic heterocycles. The summed E-state index contributed by atoms with van der Waals surface area (Å²) in [5.74, 6) is 0. The van der Waals surface area contributed by atoms with Crippen LogP contribution in [0.1, 0.15) is 16.7 Å². The van der Waals surface area contributed by atoms with Crippen LogP contribution in [-0.4, -0.2) is 0 Å². The summed E-state index contributed by atoms with van der Waals surface area (Å²) in [5, 5.41) is 11.8. The van der Waals surface area contributed by atoms with Gasteiger partial charge >= 0.3 is 0 Å². The predicted molar refractivity (Wildman–Crippen MR) is 116 cm³/mol. The van der Waals surface area contributed by atoms with E-state index in [0.29, 0.717) is 0 Å². The van der Waals surface area contributed by atoms with Crippen molar-refractivity contribution in [3.05, 3.63) is 71.3 Å². The van der Waals surface area contributed by atoms with Crippen molar-refractivity contribution in [1.29, 1.82) is 5.26 Å². The lowest BCUT2D eigenvalue weighted by molar-refractivity contribution is 1.35. The molecule has 0 spiro atoms. The maximum absolute atomic E-state index is 9.42. The van der Waals surface area contributed by atoms with Crippen molar-refractivity contribution in [3.8, 4) is 6.07 Å². The van der Waals surface area contributed by atoms with Crippen LogP contribution in [0.15, 0.2) is 54.6 Å². The topological polar surface area (TPSA) is 27.0 Å². The zero-order valence-electron chi connectivity index (χ0n) is 13.9. The second kappa shape index (κ2) is 6.32. The van der Waals surface area contributed by atoms with E-state index in [1.807, 2.05) is 12.1 Å². The van der Waals surface area contributed by atoms with Crippen LogP contribution in [0.4, 0.5) is 11.4 Å². The third kappa shape index (κ3) is 2.68. The van der Waals surface area contributed by atoms with Gasteiger partial charge in [0.05, 0.1) is 49.2 Å². The van der Waals surface area contributed by atoms with Crippen molar-refractivity contribution >= 4 is 65.7 Å². The summed E-state index contributed by atoms with van der Waals surface area (Å²) in [6.45, 7) is 4.26. The van der Waals surface area contributed by atoms with Crippen LogP contribution in [0.5, 0.6) is 0 Å². The molecule has 0 atom stereocenters. The number of aryl methyl sites for hydroxylation is 2. The predicted octanol–water partition coefficient (Wildman–Crippen LogP) is 7.03. The van der Waals surface area contributed by atoms with Crippen LogP contribution in [0.25, 0.3) is 20.2 Å². The van der Waals surface area contributed by atoms with Gasteiger partial charge in [-0.2, -0.15) is 5.26 Å². The smallest absolute Gasteiger partial charge is 0.101 e. The van der Waals surface area contributed by atoms with Crippen molar-refractivity contribution in [1.82, 2.24) is 0 Å². The summed E-state index contributed by atoms with van der Waals surface area (Å²) < 4.78 is 4.50. The first-order valence-corrected chi connectivity index (χ1v) is 9.76. The summed E-state index contributed by atoms with van der Waals surface area (Å²) in [6, 6.07) is 21.2. The van der Waals surface area contributed by atoms with Crippen molar-refractivity contribution in [2.75, 3.05) is 3.11 Å². The van der Waals surface area contributed by atoms with Gasteiger partial charge in [-0.05, 0) is 37.6 Å². The van der Waals surface area contributed by atoms with E-state index in [1.165, 1.54) is 26.9 Å². The second-order valence-electron chi connectivity index (χ2n) is 6.12. The van der Waals surface area contributed by atoms with Crippen LogP contribution < -0.4 is 3.11 Å². The van der Waals surface area contributed by atoms with E-state index < -0.39 is 0 Å². The van der Waals surface area contributed by atoms with Crippen LogP contribution in [0.3, 0.4) is 0 Å². The van der Waals surface area contributed by atoms with E-state index in [9.17, 15) is 5.26 Å². The van der Waals surface area contributed by atoms with E-state index >= 15 is 0 Å². The minimum atomic E-state index is 0.746. The molecule has 2 nitrogen and oxygen atoms in total. The number of halogens is 1. The number of anilines is 2. The Kier molecular flexibility index (Phi) is 4.14. The quantitative estimate of drug-likeness (QED) is 0.240. The second-order valence-corrected chi connectivity index (χ2v) is 8.11. The summed E-state index contributed by atoms with van der Waals surface area (Å²) >= 11 is 4.08. The van der Waals surface area contributed by atoms with E-state index in [4.69, 9.17) is 0 Å². The van der Waals surface area contributed by atoms with Crippen molar-refractivity contribution in [3.63, 3.8) is 0 Å². The average Bonchev–Trinajstić information content (AvgIpc) is 3.00. The number of benzene rings is 3. The van der Waals surface area contributed by atoms with Crippen LogP contribution in [0, 0.1) is 25.2 Å². The maximum Gasteiger partial charge on any atom is 0.101 e. The molecule has 0 aliphatic rings. The van der Waals surface area contributed by atoms with Gasteiger partial charge in [-0.15, -0.1) is 11.3 Å². The summed E-state index contributed by atoms with van der Waals surface area (Å²) in [7, 11) is 0. The molecule has 0 unspecified atom stereocenters. The minimum absolute atomic E-state index is 0.746. The first-order valence-electron chi connectivity index (χ1n) is 7.97. The fourth-order valence-corrected chi connectivity index (χ4v) is 5.58. The highest BCUT2D eigenvalue weighted by molar-refractivity contribution is 14.1. The summed E-state index contributed by atoms with van der Waals surface area (Å²) in [4.78, 5) is 0. The lowest BCUT2D eigenvalue weighted by Gasteiger charge is -2.20. The third-order valence-corrected chi connectivity index (χ3v) is 6.72. The number of hydrogen-bond donors (Lipinski definition) is 0. The largest absolute Gasteiger partial charge is 0.281 e. The van der Waals surface area contributed by atoms with Crippen LogP contribution >= 0.6 is 34.2 Å². The Bertz CT molecular complexity index is 1150. The maximum atomic E-state index is 9.42. The van der Waals surface area contributed by atoms with E-state index in [1.54, 1.807) is 11.3 Å². The molecule has 0 N–H and O–H groups in total. The zero-order chi connectivity index (χ0) is 17.6. The lowest BCUT2D eigenvalue weighted by Crippen LogP contribution is -2.03. The number of fused-ring (bicyclic) bond motifs is 3. The van der Waals surface area contributed by atoms with E-state index in [0.717, 1.165) is 21.3 Å². The Hall–Kier alpha value is -2.10. The monoisotopic (exact) mass is 454 g/mol. The number of rotatable bonds is 2. The Morgan fingerprint density at radius 1 is 0.920 bits per heavy atom. The molecule has 4 rings (SSSR count). The standard InChI is InChI=1S/C21H15IN2S/c1-13-9-10-18(14(2)11-13)24(22)19-8-4-7-17-16-6-3-5-15(12-23)20(16)25-21(17)19/h3-11H,1-2H3. The molecule has 0 fully saturated rings. The van der Waals surface area contributed by atoms with Gasteiger partial charge in [-0.1, -0.05) is 42.0 Å². The molecular formula is C21H15IN2S. The highest BCUT2D eigenvalue weighted by atomic mass is 127. The minimum Gasteiger partial charge on any atom is -0.281 e. The molecule has 0 saturated heterocycles. The SMILES string of the molecule is Cc1ccc(N(I)c2cccc3c2sc2c(C#N)cccc23)c(C)c1. The molecule has 122 valence electrons. The number of thiophene rings is 1. The zero-order valence-corrected chi connectivity index (χ0v) is 16.9. The van der Waals surface area contributed by atoms with Crippen molar-refractivity contribution in [2.45, 2.75) is 13.8 Å². The molecule has 0 radical (unpaired) electrons. The van der Waals surface area contributed by atoms with Crippen LogP contribution in [0.2, 0.25) is 0 Å². The molecule has 4 heteroatoms. The van der Waals surface area contributed by atoms with Gasteiger partial charge < -0.3 is 0 Å². The van der Waals surface area contributed by atoms with E-state index in [2.05, 4.69) is 88.4 Å². The molecule has 0 aliphatic heterocycles. The van der Waals surface area contributed by atoms with Gasteiger partial charge in [0, 0.05) is 10.8 Å². The van der Waals surface area contributed by atoms with Gasteiger partial charge in [0.1, 0.15) is 6.07 Å². The Morgan fingerprint density at radius 2 is 1.64 bits per heavy atom. The third-order valence-electron chi connectivity index (χ3n) is 4.40. The lowest BCUT2D eigenvalue weighted by atomic mass is 10.1. The van der Waals surface area contributed by atoms with Gasteiger partial charge in [0.25, 0.3) is 0 Å². The van der Waals surface area contributed by atoms with Crippen molar-refractivity contribution < 1.29 is 0 Å². The number of hydrogen-bond acceptors (Lipinski definition) is 3. The molecule has 1 heterocycles. The normalized spacial score (nSPS) is 11.0. The first kappa shape index (κ1) is 16.4. The Morgan fingerprint density at radius 3 is 2.36 bits per heavy atom. The molecule has 4 aromatic rings. The van der Waals surface area contributed by atoms with Gasteiger partial charge in [0.15, 0.2) is 0 Å². The summed E-state index contributed by atoms with van der Waals surface area (Å²) in [6.07, 6.45) is 0. The van der Waals surface area contributed by atoms with Gasteiger partial charge in [-0.3, -0.25) is 3.11 Å². The number of nitriles is 1. The molecule has 0 amide bonds. The summed E-state index contributed by atoms with van der Waals surface area (Å²) in [5.41, 5.74) is 5.62. The average molecular weight is 454 g/mol. The highest BCUT2D eigenvalue weighted by Crippen LogP contribution is 2.44. The fraction of sp³-hybridized carbons (Fsp3) is 0.0952. The Balaban J connectivity index is 1.98. The molecule has 3 aromatic carbocycles. The highest BCUT2D eigenvalue weighted by Gasteiger charge is 2.16. The van der Waals surface area contributed by atoms with Gasteiger partial charge in [-0.25, -0.2) is 0 Å². The number of nitrogens with zero attached hydrogens (tertiary/aromatic N) is 2. The molecule has 0 saturated carbocycles. The van der Waals surface area contributed by atoms with Crippen molar-refractivity contribution in [2.24, 2.45) is 0 Å². The molecule has 25 heavy (non-hydrogen) atoms. The van der Waals surface area contributed by atoms with Gasteiger partial charge in [0.2, 0.25) is 0 Å².